The molecule has 0 rings (SSSR count). The Morgan fingerprint density at radius 3 is 1.80 bits per heavy atom. The van der Waals surface area contributed by atoms with E-state index in [0.717, 1.165) is 0 Å². The van der Waals surface area contributed by atoms with E-state index < -0.39 is 8.32 Å². The molecule has 0 aliphatic carbocycles. The van der Waals surface area contributed by atoms with Crippen LogP contribution < -0.4 is 0 Å². The van der Waals surface area contributed by atoms with Gasteiger partial charge in [-0.05, 0) is 45.8 Å². The van der Waals surface area contributed by atoms with E-state index in [-0.39, 0.29) is 24.4 Å². The van der Waals surface area contributed by atoms with Crippen LogP contribution in [0.15, 0.2) is 12.3 Å². The van der Waals surface area contributed by atoms with Crippen molar-refractivity contribution in [3.63, 3.8) is 0 Å². The summed E-state index contributed by atoms with van der Waals surface area (Å²) in [5.74, 6) is 0. The fraction of sp³-hybridized carbons (Fsp3) is 0.867. The standard InChI is InChI=1S/C15H33BO3Si/c1-13(2)18-16(19-14(3)4)11-10-12-17-20(8,9)15(5,6)7/h10,12-14H,11H2,1-9H3/b12-10+. The lowest BCUT2D eigenvalue weighted by atomic mass is 9.84. The van der Waals surface area contributed by atoms with Crippen LogP contribution in [0.5, 0.6) is 0 Å². The maximum Gasteiger partial charge on any atom is 0.461 e. The van der Waals surface area contributed by atoms with Crippen molar-refractivity contribution >= 4 is 15.4 Å². The van der Waals surface area contributed by atoms with Crippen LogP contribution >= 0.6 is 0 Å². The van der Waals surface area contributed by atoms with Gasteiger partial charge in [-0.2, -0.15) is 0 Å². The molecule has 0 fully saturated rings. The molecule has 0 saturated carbocycles. The van der Waals surface area contributed by atoms with Crippen LogP contribution in [0, 0.1) is 0 Å². The Hall–Kier alpha value is -0.258. The summed E-state index contributed by atoms with van der Waals surface area (Å²) in [6.07, 6.45) is 4.88. The van der Waals surface area contributed by atoms with Crippen molar-refractivity contribution in [2.24, 2.45) is 0 Å². The maximum absolute atomic E-state index is 6.00. The summed E-state index contributed by atoms with van der Waals surface area (Å²) in [5, 5.41) is 0.222. The summed E-state index contributed by atoms with van der Waals surface area (Å²) in [7, 11) is -1.91. The van der Waals surface area contributed by atoms with Crippen molar-refractivity contribution in [1.82, 2.24) is 0 Å². The molecular formula is C15H33BO3Si. The Balaban J connectivity index is 4.37. The van der Waals surface area contributed by atoms with Crippen LogP contribution in [0.1, 0.15) is 48.5 Å². The van der Waals surface area contributed by atoms with Crippen molar-refractivity contribution in [1.29, 1.82) is 0 Å². The molecule has 0 atom stereocenters. The number of allylic oxidation sites excluding steroid dienone is 1. The van der Waals surface area contributed by atoms with E-state index in [9.17, 15) is 0 Å². The molecule has 0 aliphatic rings. The molecule has 118 valence electrons. The SMILES string of the molecule is CC(C)OB(C/C=C/O[Si](C)(C)C(C)(C)C)OC(C)C. The van der Waals surface area contributed by atoms with E-state index in [4.69, 9.17) is 13.7 Å². The molecule has 0 aliphatic heterocycles. The molecule has 0 saturated heterocycles. The Bertz CT molecular complexity index is 286. The first-order valence-corrected chi connectivity index (χ1v) is 10.5. The smallest absolute Gasteiger partial charge is 0.461 e. The Morgan fingerprint density at radius 2 is 1.45 bits per heavy atom. The average Bonchev–Trinajstić information content (AvgIpc) is 2.20. The van der Waals surface area contributed by atoms with Gasteiger partial charge < -0.3 is 13.7 Å². The second-order valence-electron chi connectivity index (χ2n) is 7.28. The van der Waals surface area contributed by atoms with Gasteiger partial charge in [-0.15, -0.1) is 0 Å². The molecule has 20 heavy (non-hydrogen) atoms. The van der Waals surface area contributed by atoms with Gasteiger partial charge in [0.2, 0.25) is 8.32 Å². The molecule has 0 aromatic heterocycles. The van der Waals surface area contributed by atoms with Gasteiger partial charge in [0.05, 0.1) is 6.26 Å². The highest BCUT2D eigenvalue weighted by Gasteiger charge is 2.37. The molecule has 0 aromatic carbocycles. The van der Waals surface area contributed by atoms with Gasteiger partial charge in [-0.1, -0.05) is 26.8 Å². The topological polar surface area (TPSA) is 27.7 Å². The summed E-state index contributed by atoms with van der Waals surface area (Å²) in [6, 6.07) is 0. The fourth-order valence-corrected chi connectivity index (χ4v) is 2.10. The summed E-state index contributed by atoms with van der Waals surface area (Å²) in [6.45, 7) is 19.3. The Labute approximate surface area is 127 Å². The Morgan fingerprint density at radius 1 is 1.00 bits per heavy atom. The average molecular weight is 300 g/mol. The summed E-state index contributed by atoms with van der Waals surface area (Å²) in [4.78, 5) is 0. The van der Waals surface area contributed by atoms with Crippen LogP contribution in [0.4, 0.5) is 0 Å². The molecule has 0 unspecified atom stereocenters. The first-order valence-electron chi connectivity index (χ1n) is 7.59. The predicted molar refractivity (Wildman–Crippen MR) is 90.4 cm³/mol. The van der Waals surface area contributed by atoms with Crippen LogP contribution in [-0.4, -0.2) is 27.6 Å². The maximum atomic E-state index is 6.00. The van der Waals surface area contributed by atoms with Gasteiger partial charge in [0, 0.05) is 18.5 Å². The minimum atomic E-state index is -1.71. The summed E-state index contributed by atoms with van der Waals surface area (Å²) < 4.78 is 17.5. The van der Waals surface area contributed by atoms with E-state index in [1.165, 1.54) is 0 Å². The third-order valence-electron chi connectivity index (χ3n) is 3.44. The summed E-state index contributed by atoms with van der Waals surface area (Å²) in [5.41, 5.74) is 0. The van der Waals surface area contributed by atoms with E-state index in [1.807, 2.05) is 40.0 Å². The molecule has 5 heteroatoms. The highest BCUT2D eigenvalue weighted by atomic mass is 28.4. The number of hydrogen-bond acceptors (Lipinski definition) is 3. The third kappa shape index (κ3) is 8.12. The van der Waals surface area contributed by atoms with Crippen LogP contribution in [0.2, 0.25) is 24.5 Å². The second kappa shape index (κ2) is 8.25. The highest BCUT2D eigenvalue weighted by Crippen LogP contribution is 2.36. The summed E-state index contributed by atoms with van der Waals surface area (Å²) >= 11 is 0. The molecule has 0 heterocycles. The lowest BCUT2D eigenvalue weighted by Crippen LogP contribution is -2.39. The number of rotatable bonds is 8. The predicted octanol–water partition coefficient (Wildman–Crippen LogP) is 4.86. The molecular weight excluding hydrogens is 267 g/mol. The van der Waals surface area contributed by atoms with Crippen molar-refractivity contribution in [3.05, 3.63) is 12.3 Å². The molecule has 0 bridgehead atoms. The lowest BCUT2D eigenvalue weighted by molar-refractivity contribution is 0.131. The fourth-order valence-electron chi connectivity index (χ4n) is 1.31. The third-order valence-corrected chi connectivity index (χ3v) is 7.78. The van der Waals surface area contributed by atoms with Crippen molar-refractivity contribution in [2.75, 3.05) is 0 Å². The van der Waals surface area contributed by atoms with Crippen LogP contribution in [0.3, 0.4) is 0 Å². The largest absolute Gasteiger partial charge is 0.549 e. The number of hydrogen-bond donors (Lipinski definition) is 0. The van der Waals surface area contributed by atoms with Crippen molar-refractivity contribution in [3.8, 4) is 0 Å². The van der Waals surface area contributed by atoms with E-state index >= 15 is 0 Å². The van der Waals surface area contributed by atoms with Crippen molar-refractivity contribution in [2.45, 2.75) is 85.1 Å². The van der Waals surface area contributed by atoms with Gasteiger partial charge >= 0.3 is 7.12 Å². The first-order chi connectivity index (χ1) is 8.95. The van der Waals surface area contributed by atoms with Gasteiger partial charge in [0.25, 0.3) is 0 Å². The minimum Gasteiger partial charge on any atom is -0.549 e. The molecule has 0 aromatic rings. The molecule has 3 nitrogen and oxygen atoms in total. The van der Waals surface area contributed by atoms with Crippen molar-refractivity contribution < 1.29 is 13.7 Å². The van der Waals surface area contributed by atoms with Gasteiger partial charge in [0.1, 0.15) is 0 Å². The monoisotopic (exact) mass is 300 g/mol. The normalized spacial score (nSPS) is 13.6. The van der Waals surface area contributed by atoms with E-state index in [2.05, 4.69) is 33.9 Å². The molecule has 0 amide bonds. The van der Waals surface area contributed by atoms with E-state index in [1.54, 1.807) is 0 Å². The van der Waals surface area contributed by atoms with Gasteiger partial charge in [0.15, 0.2) is 0 Å². The molecule has 0 radical (unpaired) electrons. The second-order valence-corrected chi connectivity index (χ2v) is 12.0. The highest BCUT2D eigenvalue weighted by molar-refractivity contribution is 6.74. The lowest BCUT2D eigenvalue weighted by Gasteiger charge is -2.35. The van der Waals surface area contributed by atoms with Crippen LogP contribution in [0.25, 0.3) is 0 Å². The van der Waals surface area contributed by atoms with E-state index in [0.29, 0.717) is 6.32 Å². The minimum absolute atomic E-state index is 0.161. The zero-order valence-corrected chi connectivity index (χ0v) is 15.8. The van der Waals surface area contributed by atoms with Crippen LogP contribution in [-0.2, 0) is 13.7 Å². The van der Waals surface area contributed by atoms with Gasteiger partial charge in [-0.3, -0.25) is 0 Å². The zero-order chi connectivity index (χ0) is 16.0. The molecule has 0 spiro atoms. The first kappa shape index (κ1) is 19.7. The molecule has 0 N–H and O–H groups in total. The van der Waals surface area contributed by atoms with Gasteiger partial charge in [-0.25, -0.2) is 0 Å². The quantitative estimate of drug-likeness (QED) is 0.473. The zero-order valence-electron chi connectivity index (χ0n) is 14.8. The Kier molecular flexibility index (Phi) is 8.14.